The van der Waals surface area contributed by atoms with Crippen molar-refractivity contribution in [1.82, 2.24) is 4.90 Å². The molecule has 2 N–H and O–H groups in total. The molecule has 0 saturated carbocycles. The molecule has 0 aliphatic carbocycles. The van der Waals surface area contributed by atoms with Gasteiger partial charge in [0.05, 0.1) is 0 Å². The lowest BCUT2D eigenvalue weighted by Gasteiger charge is -2.26. The number of carbonyl (C=O) groups excluding carboxylic acids is 1. The van der Waals surface area contributed by atoms with Gasteiger partial charge in [-0.15, -0.1) is 0 Å². The van der Waals surface area contributed by atoms with E-state index in [9.17, 15) is 9.18 Å². The summed E-state index contributed by atoms with van der Waals surface area (Å²) in [5.41, 5.74) is 6.89. The third kappa shape index (κ3) is 3.25. The minimum absolute atomic E-state index is 0.116. The Hall–Kier alpha value is -1.58. The third-order valence-electron chi connectivity index (χ3n) is 3.79. The molecule has 1 heterocycles. The highest BCUT2D eigenvalue weighted by atomic mass is 19.1. The van der Waals surface area contributed by atoms with Crippen LogP contribution in [0.25, 0.3) is 0 Å². The van der Waals surface area contributed by atoms with E-state index in [2.05, 4.69) is 20.8 Å². The zero-order chi connectivity index (χ0) is 14.2. The summed E-state index contributed by atoms with van der Waals surface area (Å²) in [6, 6.07) is 4.45. The van der Waals surface area contributed by atoms with Gasteiger partial charge in [0.15, 0.2) is 0 Å². The highest BCUT2D eigenvalue weighted by molar-refractivity contribution is 5.78. The van der Waals surface area contributed by atoms with Crippen LogP contribution in [0.4, 0.5) is 10.1 Å². The SMILES string of the molecule is CC(C)(C)C1CC(=O)N(Cc2cc(N)cc(F)c2)C1. The van der Waals surface area contributed by atoms with E-state index < -0.39 is 0 Å². The molecule has 1 aliphatic rings. The van der Waals surface area contributed by atoms with E-state index in [4.69, 9.17) is 5.73 Å². The number of likely N-dealkylation sites (tertiary alicyclic amines) is 1. The molecular formula is C15H21FN2O. The van der Waals surface area contributed by atoms with Gasteiger partial charge >= 0.3 is 0 Å². The summed E-state index contributed by atoms with van der Waals surface area (Å²) >= 11 is 0. The third-order valence-corrected chi connectivity index (χ3v) is 3.79. The van der Waals surface area contributed by atoms with Gasteiger partial charge in [0, 0.05) is 25.2 Å². The average Bonchev–Trinajstić information content (AvgIpc) is 2.58. The first-order valence-corrected chi connectivity index (χ1v) is 6.58. The van der Waals surface area contributed by atoms with Crippen LogP contribution in [0.2, 0.25) is 0 Å². The molecule has 1 aromatic carbocycles. The van der Waals surface area contributed by atoms with Crippen molar-refractivity contribution < 1.29 is 9.18 Å². The Morgan fingerprint density at radius 3 is 2.58 bits per heavy atom. The Morgan fingerprint density at radius 1 is 1.37 bits per heavy atom. The Bertz CT molecular complexity index is 473. The number of halogens is 1. The maximum atomic E-state index is 13.3. The molecule has 0 aromatic heterocycles. The lowest BCUT2D eigenvalue weighted by molar-refractivity contribution is -0.128. The molecule has 1 fully saturated rings. The van der Waals surface area contributed by atoms with E-state index in [1.807, 2.05) is 0 Å². The van der Waals surface area contributed by atoms with E-state index in [-0.39, 0.29) is 17.1 Å². The van der Waals surface area contributed by atoms with Gasteiger partial charge in [-0.3, -0.25) is 4.79 Å². The molecule has 3 nitrogen and oxygen atoms in total. The predicted molar refractivity (Wildman–Crippen MR) is 73.8 cm³/mol. The minimum Gasteiger partial charge on any atom is -0.399 e. The first-order chi connectivity index (χ1) is 8.75. The van der Waals surface area contributed by atoms with E-state index >= 15 is 0 Å². The Kier molecular flexibility index (Phi) is 3.52. The monoisotopic (exact) mass is 264 g/mol. The molecule has 1 aliphatic heterocycles. The summed E-state index contributed by atoms with van der Waals surface area (Å²) in [7, 11) is 0. The number of hydrogen-bond acceptors (Lipinski definition) is 2. The van der Waals surface area contributed by atoms with Crippen LogP contribution in [0.1, 0.15) is 32.8 Å². The van der Waals surface area contributed by atoms with Gasteiger partial charge in [-0.25, -0.2) is 4.39 Å². The maximum Gasteiger partial charge on any atom is 0.223 e. The van der Waals surface area contributed by atoms with Crippen molar-refractivity contribution in [1.29, 1.82) is 0 Å². The van der Waals surface area contributed by atoms with Crippen molar-refractivity contribution in [2.45, 2.75) is 33.7 Å². The second kappa shape index (κ2) is 4.83. The van der Waals surface area contributed by atoms with Crippen molar-refractivity contribution in [2.24, 2.45) is 11.3 Å². The zero-order valence-corrected chi connectivity index (χ0v) is 11.7. The van der Waals surface area contributed by atoms with Crippen LogP contribution in [0.5, 0.6) is 0 Å². The molecule has 0 radical (unpaired) electrons. The number of anilines is 1. The Morgan fingerprint density at radius 2 is 2.05 bits per heavy atom. The van der Waals surface area contributed by atoms with Gasteiger partial charge in [0.1, 0.15) is 5.82 Å². The van der Waals surface area contributed by atoms with Gasteiger partial charge in [-0.2, -0.15) is 0 Å². The number of hydrogen-bond donors (Lipinski definition) is 1. The standard InChI is InChI=1S/C15H21FN2O/c1-15(2,3)11-6-14(19)18(9-11)8-10-4-12(16)7-13(17)5-10/h4-5,7,11H,6,8-9,17H2,1-3H3. The van der Waals surface area contributed by atoms with Crippen molar-refractivity contribution in [2.75, 3.05) is 12.3 Å². The molecule has 4 heteroatoms. The second-order valence-corrected chi connectivity index (χ2v) is 6.43. The van der Waals surface area contributed by atoms with E-state index in [0.29, 0.717) is 24.6 Å². The number of nitrogens with two attached hydrogens (primary N) is 1. The molecule has 2 rings (SSSR count). The van der Waals surface area contributed by atoms with Gasteiger partial charge < -0.3 is 10.6 Å². The van der Waals surface area contributed by atoms with Gasteiger partial charge in [0.2, 0.25) is 5.91 Å². The summed E-state index contributed by atoms with van der Waals surface area (Å²) in [6.45, 7) is 7.62. The number of nitrogen functional groups attached to an aromatic ring is 1. The van der Waals surface area contributed by atoms with Crippen molar-refractivity contribution >= 4 is 11.6 Å². The molecular weight excluding hydrogens is 243 g/mol. The van der Waals surface area contributed by atoms with Crippen LogP contribution in [0.3, 0.4) is 0 Å². The summed E-state index contributed by atoms with van der Waals surface area (Å²) in [5.74, 6) is 0.141. The van der Waals surface area contributed by atoms with Crippen LogP contribution in [0.15, 0.2) is 18.2 Å². The number of benzene rings is 1. The summed E-state index contributed by atoms with van der Waals surface area (Å²) in [4.78, 5) is 13.8. The van der Waals surface area contributed by atoms with Crippen LogP contribution in [0, 0.1) is 17.2 Å². The van der Waals surface area contributed by atoms with Crippen LogP contribution < -0.4 is 5.73 Å². The number of carbonyl (C=O) groups is 1. The molecule has 1 amide bonds. The summed E-state index contributed by atoms with van der Waals surface area (Å²) in [5, 5.41) is 0. The lowest BCUT2D eigenvalue weighted by atomic mass is 9.80. The molecule has 1 saturated heterocycles. The van der Waals surface area contributed by atoms with Gasteiger partial charge in [0.25, 0.3) is 0 Å². The molecule has 0 spiro atoms. The van der Waals surface area contributed by atoms with Crippen LogP contribution in [-0.4, -0.2) is 17.4 Å². The number of nitrogens with zero attached hydrogens (tertiary/aromatic N) is 1. The largest absolute Gasteiger partial charge is 0.399 e. The lowest BCUT2D eigenvalue weighted by Crippen LogP contribution is -2.27. The molecule has 19 heavy (non-hydrogen) atoms. The van der Waals surface area contributed by atoms with Crippen LogP contribution in [-0.2, 0) is 11.3 Å². The highest BCUT2D eigenvalue weighted by Crippen LogP contribution is 2.34. The fourth-order valence-electron chi connectivity index (χ4n) is 2.49. The average molecular weight is 264 g/mol. The molecule has 1 unspecified atom stereocenters. The van der Waals surface area contributed by atoms with Gasteiger partial charge in [-0.05, 0) is 35.1 Å². The molecule has 104 valence electrons. The topological polar surface area (TPSA) is 46.3 Å². The van der Waals surface area contributed by atoms with E-state index in [0.717, 1.165) is 12.1 Å². The first-order valence-electron chi connectivity index (χ1n) is 6.58. The second-order valence-electron chi connectivity index (χ2n) is 6.43. The predicted octanol–water partition coefficient (Wildman–Crippen LogP) is 2.80. The highest BCUT2D eigenvalue weighted by Gasteiger charge is 2.36. The molecule has 0 bridgehead atoms. The van der Waals surface area contributed by atoms with Crippen molar-refractivity contribution in [3.05, 3.63) is 29.6 Å². The smallest absolute Gasteiger partial charge is 0.223 e. The Balaban J connectivity index is 2.10. The van der Waals surface area contributed by atoms with Crippen molar-refractivity contribution in [3.63, 3.8) is 0 Å². The van der Waals surface area contributed by atoms with Gasteiger partial charge in [-0.1, -0.05) is 20.8 Å². The quantitative estimate of drug-likeness (QED) is 0.835. The normalized spacial score (nSPS) is 20.1. The fraction of sp³-hybridized carbons (Fsp3) is 0.533. The minimum atomic E-state index is -0.353. The fourth-order valence-corrected chi connectivity index (χ4v) is 2.49. The molecule has 1 aromatic rings. The van der Waals surface area contributed by atoms with E-state index in [1.54, 1.807) is 11.0 Å². The summed E-state index contributed by atoms with van der Waals surface area (Å²) < 4.78 is 13.3. The first kappa shape index (κ1) is 13.8. The Labute approximate surface area is 113 Å². The maximum absolute atomic E-state index is 13.3. The van der Waals surface area contributed by atoms with Crippen molar-refractivity contribution in [3.8, 4) is 0 Å². The number of amides is 1. The van der Waals surface area contributed by atoms with Crippen LogP contribution >= 0.6 is 0 Å². The molecule has 1 atom stereocenters. The van der Waals surface area contributed by atoms with E-state index in [1.165, 1.54) is 12.1 Å². The zero-order valence-electron chi connectivity index (χ0n) is 11.7. The summed E-state index contributed by atoms with van der Waals surface area (Å²) in [6.07, 6.45) is 0.578. The number of rotatable bonds is 2.